The van der Waals surface area contributed by atoms with Gasteiger partial charge in [-0.2, -0.15) is 0 Å². The van der Waals surface area contributed by atoms with E-state index in [4.69, 9.17) is 9.47 Å². The van der Waals surface area contributed by atoms with Gasteiger partial charge in [0.2, 0.25) is 5.91 Å². The summed E-state index contributed by atoms with van der Waals surface area (Å²) in [5.74, 6) is 0.838. The molecule has 0 aliphatic heterocycles. The second-order valence-electron chi connectivity index (χ2n) is 6.60. The van der Waals surface area contributed by atoms with Crippen molar-refractivity contribution in [2.24, 2.45) is 5.41 Å². The van der Waals surface area contributed by atoms with Gasteiger partial charge in [0.1, 0.15) is 5.75 Å². The summed E-state index contributed by atoms with van der Waals surface area (Å²) >= 11 is 0. The van der Waals surface area contributed by atoms with Crippen molar-refractivity contribution in [2.45, 2.75) is 33.0 Å². The van der Waals surface area contributed by atoms with E-state index in [-0.39, 0.29) is 12.5 Å². The number of hydrogen-bond acceptors (Lipinski definition) is 4. The number of hydrogen-bond donors (Lipinski definition) is 1. The molecule has 1 atom stereocenters. The first-order chi connectivity index (χ1) is 11.3. The SMILES string of the molecule is COc1ccc(COC[C@H](O)C(C)(C)/C=C/CC(=O)N(C)C)cc1. The molecule has 0 aliphatic carbocycles. The first-order valence-corrected chi connectivity index (χ1v) is 8.03. The zero-order valence-electron chi connectivity index (χ0n) is 15.3. The predicted molar refractivity (Wildman–Crippen MR) is 94.9 cm³/mol. The van der Waals surface area contributed by atoms with Crippen LogP contribution in [0.5, 0.6) is 5.75 Å². The summed E-state index contributed by atoms with van der Waals surface area (Å²) in [6, 6.07) is 7.62. The van der Waals surface area contributed by atoms with Crippen LogP contribution in [0.25, 0.3) is 0 Å². The van der Waals surface area contributed by atoms with Gasteiger partial charge in [0.25, 0.3) is 0 Å². The molecule has 24 heavy (non-hydrogen) atoms. The van der Waals surface area contributed by atoms with Gasteiger partial charge in [0, 0.05) is 25.9 Å². The molecule has 0 aromatic heterocycles. The average molecular weight is 335 g/mol. The minimum absolute atomic E-state index is 0.0345. The van der Waals surface area contributed by atoms with Crippen LogP contribution in [0.3, 0.4) is 0 Å². The molecule has 5 nitrogen and oxygen atoms in total. The minimum Gasteiger partial charge on any atom is -0.497 e. The third-order valence-corrected chi connectivity index (χ3v) is 3.90. The van der Waals surface area contributed by atoms with Gasteiger partial charge in [-0.05, 0) is 17.7 Å². The Morgan fingerprint density at radius 3 is 2.46 bits per heavy atom. The second-order valence-corrected chi connectivity index (χ2v) is 6.60. The highest BCUT2D eigenvalue weighted by Gasteiger charge is 2.25. The molecule has 1 amide bonds. The highest BCUT2D eigenvalue weighted by Crippen LogP contribution is 2.23. The van der Waals surface area contributed by atoms with Crippen LogP contribution in [-0.4, -0.2) is 49.8 Å². The molecule has 1 aromatic rings. The van der Waals surface area contributed by atoms with E-state index in [0.717, 1.165) is 11.3 Å². The van der Waals surface area contributed by atoms with Crippen molar-refractivity contribution >= 4 is 5.91 Å². The Labute approximate surface area is 144 Å². The van der Waals surface area contributed by atoms with Crippen molar-refractivity contribution in [3.05, 3.63) is 42.0 Å². The number of carbonyl (C=O) groups is 1. The summed E-state index contributed by atoms with van der Waals surface area (Å²) in [6.07, 6.45) is 3.35. The molecule has 0 bridgehead atoms. The normalized spacial score (nSPS) is 13.1. The van der Waals surface area contributed by atoms with E-state index in [9.17, 15) is 9.90 Å². The summed E-state index contributed by atoms with van der Waals surface area (Å²) in [7, 11) is 5.08. The fourth-order valence-electron chi connectivity index (χ4n) is 1.98. The number of amides is 1. The summed E-state index contributed by atoms with van der Waals surface area (Å²) < 4.78 is 10.7. The largest absolute Gasteiger partial charge is 0.497 e. The molecule has 5 heteroatoms. The summed E-state index contributed by atoms with van der Waals surface area (Å²) in [6.45, 7) is 4.50. The smallest absolute Gasteiger partial charge is 0.225 e. The molecule has 0 spiro atoms. The van der Waals surface area contributed by atoms with Gasteiger partial charge in [-0.1, -0.05) is 38.1 Å². The Morgan fingerprint density at radius 2 is 1.92 bits per heavy atom. The molecule has 0 saturated heterocycles. The lowest BCUT2D eigenvalue weighted by atomic mass is 9.86. The first kappa shape index (κ1) is 20.2. The molecule has 1 aromatic carbocycles. The summed E-state index contributed by atoms with van der Waals surface area (Å²) in [4.78, 5) is 13.1. The van der Waals surface area contributed by atoms with Crippen molar-refractivity contribution in [3.63, 3.8) is 0 Å². The number of aliphatic hydroxyl groups excluding tert-OH is 1. The van der Waals surface area contributed by atoms with Gasteiger partial charge in [0.05, 0.1) is 26.4 Å². The second kappa shape index (κ2) is 9.45. The van der Waals surface area contributed by atoms with Gasteiger partial charge in [-0.3, -0.25) is 4.79 Å². The molecule has 1 N–H and O–H groups in total. The zero-order valence-corrected chi connectivity index (χ0v) is 15.3. The van der Waals surface area contributed by atoms with E-state index in [1.807, 2.05) is 44.2 Å². The number of ether oxygens (including phenoxy) is 2. The lowest BCUT2D eigenvalue weighted by Crippen LogP contribution is -2.32. The summed E-state index contributed by atoms with van der Waals surface area (Å²) in [5, 5.41) is 10.3. The standard InChI is InChI=1S/C19H29NO4/c1-19(2,12-6-7-18(22)20(3)4)17(21)14-24-13-15-8-10-16(23-5)11-9-15/h6,8-12,17,21H,7,13-14H2,1-5H3/b12-6+/t17-/m0/s1. The van der Waals surface area contributed by atoms with Crippen LogP contribution >= 0.6 is 0 Å². The number of methoxy groups -OCH3 is 1. The van der Waals surface area contributed by atoms with E-state index in [0.29, 0.717) is 13.0 Å². The molecule has 0 unspecified atom stereocenters. The van der Waals surface area contributed by atoms with E-state index in [2.05, 4.69) is 0 Å². The van der Waals surface area contributed by atoms with E-state index in [1.165, 1.54) is 0 Å². The van der Waals surface area contributed by atoms with E-state index >= 15 is 0 Å². The van der Waals surface area contributed by atoms with Gasteiger partial charge < -0.3 is 19.5 Å². The molecule has 0 fully saturated rings. The number of nitrogens with zero attached hydrogens (tertiary/aromatic N) is 1. The highest BCUT2D eigenvalue weighted by molar-refractivity contribution is 5.77. The number of benzene rings is 1. The number of carbonyl (C=O) groups excluding carboxylic acids is 1. The van der Waals surface area contributed by atoms with Crippen LogP contribution in [0.4, 0.5) is 0 Å². The van der Waals surface area contributed by atoms with Gasteiger partial charge in [-0.25, -0.2) is 0 Å². The first-order valence-electron chi connectivity index (χ1n) is 8.03. The van der Waals surface area contributed by atoms with E-state index in [1.54, 1.807) is 32.2 Å². The molecular formula is C19H29NO4. The van der Waals surface area contributed by atoms with Gasteiger partial charge in [-0.15, -0.1) is 0 Å². The van der Waals surface area contributed by atoms with Crippen molar-refractivity contribution in [1.82, 2.24) is 4.90 Å². The monoisotopic (exact) mass is 335 g/mol. The molecule has 1 rings (SSSR count). The van der Waals surface area contributed by atoms with Crippen molar-refractivity contribution in [1.29, 1.82) is 0 Å². The molecular weight excluding hydrogens is 306 g/mol. The minimum atomic E-state index is -0.651. The Hall–Kier alpha value is -1.85. The lowest BCUT2D eigenvalue weighted by molar-refractivity contribution is -0.127. The topological polar surface area (TPSA) is 59.0 Å². The van der Waals surface area contributed by atoms with Crippen LogP contribution in [0.15, 0.2) is 36.4 Å². The van der Waals surface area contributed by atoms with Gasteiger partial charge >= 0.3 is 0 Å². The Balaban J connectivity index is 2.42. The molecule has 0 heterocycles. The Bertz CT molecular complexity index is 535. The van der Waals surface area contributed by atoms with E-state index < -0.39 is 11.5 Å². The number of rotatable bonds is 9. The average Bonchev–Trinajstić information content (AvgIpc) is 2.54. The third kappa shape index (κ3) is 6.72. The maximum Gasteiger partial charge on any atom is 0.225 e. The fraction of sp³-hybridized carbons (Fsp3) is 0.526. The van der Waals surface area contributed by atoms with Crippen LogP contribution < -0.4 is 4.74 Å². The highest BCUT2D eigenvalue weighted by atomic mass is 16.5. The lowest BCUT2D eigenvalue weighted by Gasteiger charge is -2.27. The van der Waals surface area contributed by atoms with Crippen LogP contribution in [0.2, 0.25) is 0 Å². The number of aliphatic hydroxyl groups is 1. The van der Waals surface area contributed by atoms with Crippen molar-refractivity contribution in [3.8, 4) is 5.75 Å². The Morgan fingerprint density at radius 1 is 1.29 bits per heavy atom. The van der Waals surface area contributed by atoms with Crippen molar-refractivity contribution < 1.29 is 19.4 Å². The maximum absolute atomic E-state index is 11.6. The Kier molecular flexibility index (Phi) is 7.95. The fourth-order valence-corrected chi connectivity index (χ4v) is 1.98. The summed E-state index contributed by atoms with van der Waals surface area (Å²) in [5.41, 5.74) is 0.555. The van der Waals surface area contributed by atoms with Gasteiger partial charge in [0.15, 0.2) is 0 Å². The van der Waals surface area contributed by atoms with Crippen LogP contribution in [0.1, 0.15) is 25.8 Å². The molecule has 0 aliphatic rings. The third-order valence-electron chi connectivity index (χ3n) is 3.90. The molecule has 0 saturated carbocycles. The van der Waals surface area contributed by atoms with Crippen LogP contribution in [0, 0.1) is 5.41 Å². The quantitative estimate of drug-likeness (QED) is 0.705. The maximum atomic E-state index is 11.6. The zero-order chi connectivity index (χ0) is 18.2. The van der Waals surface area contributed by atoms with Crippen molar-refractivity contribution in [2.75, 3.05) is 27.8 Å². The molecule has 134 valence electrons. The predicted octanol–water partition coefficient (Wildman–Crippen LogP) is 2.63. The molecule has 0 radical (unpaired) electrons. The van der Waals surface area contributed by atoms with Crippen LogP contribution in [-0.2, 0) is 16.1 Å².